The summed E-state index contributed by atoms with van der Waals surface area (Å²) in [5.41, 5.74) is 1.37. The monoisotopic (exact) mass is 198 g/mol. The van der Waals surface area contributed by atoms with E-state index in [0.717, 1.165) is 12.6 Å². The Labute approximate surface area is 84.5 Å². The predicted molar refractivity (Wildman–Crippen MR) is 58.5 cm³/mol. The van der Waals surface area contributed by atoms with E-state index >= 15 is 0 Å². The van der Waals surface area contributed by atoms with E-state index in [4.69, 9.17) is 0 Å². The van der Waals surface area contributed by atoms with Crippen molar-refractivity contribution in [2.75, 3.05) is 6.54 Å². The summed E-state index contributed by atoms with van der Waals surface area (Å²) >= 11 is 1.92. The average molecular weight is 198 g/mol. The molecule has 0 aromatic carbocycles. The lowest BCUT2D eigenvalue weighted by Gasteiger charge is -2.16. The van der Waals surface area contributed by atoms with Gasteiger partial charge in [-0.2, -0.15) is 0 Å². The number of hydrogen-bond donors (Lipinski definition) is 2. The van der Waals surface area contributed by atoms with E-state index in [-0.39, 0.29) is 0 Å². The van der Waals surface area contributed by atoms with E-state index in [2.05, 4.69) is 29.9 Å². The molecule has 3 heteroatoms. The minimum atomic E-state index is 0.594. The molecule has 1 aliphatic carbocycles. The molecule has 0 amide bonds. The summed E-state index contributed by atoms with van der Waals surface area (Å²) in [6, 6.07) is 0.811. The molecule has 74 valence electrons. The molecule has 2 aliphatic rings. The lowest BCUT2D eigenvalue weighted by molar-refractivity contribution is 0.550. The normalized spacial score (nSPS) is 27.6. The van der Waals surface area contributed by atoms with Crippen molar-refractivity contribution >= 4 is 11.8 Å². The third kappa shape index (κ3) is 2.64. The SMILES string of the molecule is CC(C)C1NC(CNC2CC2)=CS1. The molecule has 1 heterocycles. The fourth-order valence-electron chi connectivity index (χ4n) is 1.36. The molecular weight excluding hydrogens is 180 g/mol. The largest absolute Gasteiger partial charge is 0.375 e. The molecule has 0 saturated heterocycles. The Morgan fingerprint density at radius 2 is 2.38 bits per heavy atom. The number of thioether (sulfide) groups is 1. The Bertz CT molecular complexity index is 209. The van der Waals surface area contributed by atoms with Crippen LogP contribution < -0.4 is 10.6 Å². The predicted octanol–water partition coefficient (Wildman–Crippen LogP) is 1.90. The Balaban J connectivity index is 1.69. The molecule has 0 spiro atoms. The highest BCUT2D eigenvalue weighted by Crippen LogP contribution is 2.26. The van der Waals surface area contributed by atoms with Crippen molar-refractivity contribution in [3.63, 3.8) is 0 Å². The van der Waals surface area contributed by atoms with E-state index in [1.165, 1.54) is 18.5 Å². The molecule has 2 N–H and O–H groups in total. The average Bonchev–Trinajstić information content (AvgIpc) is 2.79. The quantitative estimate of drug-likeness (QED) is 0.721. The fourth-order valence-corrected chi connectivity index (χ4v) is 2.36. The van der Waals surface area contributed by atoms with E-state index in [1.807, 2.05) is 11.8 Å². The Kier molecular flexibility index (Phi) is 2.84. The van der Waals surface area contributed by atoms with Crippen LogP contribution in [0, 0.1) is 5.92 Å². The second-order valence-electron chi connectivity index (χ2n) is 4.24. The third-order valence-corrected chi connectivity index (χ3v) is 3.82. The van der Waals surface area contributed by atoms with Gasteiger partial charge in [-0.25, -0.2) is 0 Å². The van der Waals surface area contributed by atoms with Gasteiger partial charge in [0.25, 0.3) is 0 Å². The van der Waals surface area contributed by atoms with Crippen LogP contribution in [0.15, 0.2) is 11.1 Å². The summed E-state index contributed by atoms with van der Waals surface area (Å²) in [4.78, 5) is 0. The van der Waals surface area contributed by atoms with Crippen LogP contribution in [0.5, 0.6) is 0 Å². The molecule has 2 nitrogen and oxygen atoms in total. The van der Waals surface area contributed by atoms with Crippen molar-refractivity contribution < 1.29 is 0 Å². The first kappa shape index (κ1) is 9.41. The Hall–Kier alpha value is -0.150. The highest BCUT2D eigenvalue weighted by Gasteiger charge is 2.23. The minimum Gasteiger partial charge on any atom is -0.375 e. The van der Waals surface area contributed by atoms with Crippen LogP contribution in [0.3, 0.4) is 0 Å². The van der Waals surface area contributed by atoms with Crippen LogP contribution in [-0.4, -0.2) is 18.0 Å². The lowest BCUT2D eigenvalue weighted by atomic mass is 10.2. The molecule has 0 aromatic rings. The zero-order valence-corrected chi connectivity index (χ0v) is 9.16. The van der Waals surface area contributed by atoms with Gasteiger partial charge in [0.1, 0.15) is 0 Å². The zero-order valence-electron chi connectivity index (χ0n) is 8.34. The Morgan fingerprint density at radius 3 is 2.92 bits per heavy atom. The van der Waals surface area contributed by atoms with Crippen molar-refractivity contribution in [2.24, 2.45) is 5.92 Å². The fraction of sp³-hybridized carbons (Fsp3) is 0.800. The maximum atomic E-state index is 3.54. The topological polar surface area (TPSA) is 24.1 Å². The molecule has 1 fully saturated rings. The van der Waals surface area contributed by atoms with E-state index < -0.39 is 0 Å². The van der Waals surface area contributed by atoms with E-state index in [0.29, 0.717) is 11.3 Å². The van der Waals surface area contributed by atoms with Crippen LogP contribution in [0.1, 0.15) is 26.7 Å². The zero-order chi connectivity index (χ0) is 9.26. The number of rotatable bonds is 4. The molecule has 0 radical (unpaired) electrons. The van der Waals surface area contributed by atoms with Gasteiger partial charge >= 0.3 is 0 Å². The highest BCUT2D eigenvalue weighted by molar-refractivity contribution is 8.02. The van der Waals surface area contributed by atoms with Gasteiger partial charge in [0, 0.05) is 18.3 Å². The van der Waals surface area contributed by atoms with E-state index in [1.54, 1.807) is 0 Å². The second kappa shape index (κ2) is 3.93. The lowest BCUT2D eigenvalue weighted by Crippen LogP contribution is -2.31. The van der Waals surface area contributed by atoms with Gasteiger partial charge in [0.05, 0.1) is 5.37 Å². The first-order chi connectivity index (χ1) is 6.25. The molecule has 13 heavy (non-hydrogen) atoms. The van der Waals surface area contributed by atoms with Gasteiger partial charge < -0.3 is 10.6 Å². The van der Waals surface area contributed by atoms with Crippen LogP contribution in [0.2, 0.25) is 0 Å². The summed E-state index contributed by atoms with van der Waals surface area (Å²) in [5, 5.41) is 9.91. The summed E-state index contributed by atoms with van der Waals surface area (Å²) in [6.07, 6.45) is 2.74. The summed E-state index contributed by atoms with van der Waals surface area (Å²) < 4.78 is 0. The maximum Gasteiger partial charge on any atom is 0.0784 e. The van der Waals surface area contributed by atoms with Crippen LogP contribution in [-0.2, 0) is 0 Å². The van der Waals surface area contributed by atoms with Crippen molar-refractivity contribution in [1.82, 2.24) is 10.6 Å². The van der Waals surface area contributed by atoms with Crippen LogP contribution >= 0.6 is 11.8 Å². The molecule has 0 aromatic heterocycles. The van der Waals surface area contributed by atoms with Gasteiger partial charge in [-0.05, 0) is 24.2 Å². The maximum absolute atomic E-state index is 3.54. The van der Waals surface area contributed by atoms with Gasteiger partial charge in [-0.15, -0.1) is 11.8 Å². The molecule has 1 atom stereocenters. The standard InChI is InChI=1S/C10H18N2S/c1-7(2)10-12-9(6-13-10)5-11-8-3-4-8/h6-8,10-12H,3-5H2,1-2H3. The van der Waals surface area contributed by atoms with Crippen LogP contribution in [0.25, 0.3) is 0 Å². The van der Waals surface area contributed by atoms with Gasteiger partial charge in [-0.1, -0.05) is 13.8 Å². The van der Waals surface area contributed by atoms with Crippen molar-refractivity contribution in [2.45, 2.75) is 38.1 Å². The molecule has 1 unspecified atom stereocenters. The first-order valence-corrected chi connectivity index (χ1v) is 6.04. The van der Waals surface area contributed by atoms with Crippen LogP contribution in [0.4, 0.5) is 0 Å². The van der Waals surface area contributed by atoms with Crippen molar-refractivity contribution in [1.29, 1.82) is 0 Å². The number of hydrogen-bond acceptors (Lipinski definition) is 3. The molecule has 0 bridgehead atoms. The first-order valence-electron chi connectivity index (χ1n) is 5.10. The smallest absolute Gasteiger partial charge is 0.0784 e. The van der Waals surface area contributed by atoms with Gasteiger partial charge in [0.2, 0.25) is 0 Å². The van der Waals surface area contributed by atoms with E-state index in [9.17, 15) is 0 Å². The molecular formula is C10H18N2S. The van der Waals surface area contributed by atoms with Gasteiger partial charge in [0.15, 0.2) is 0 Å². The molecule has 2 rings (SSSR count). The van der Waals surface area contributed by atoms with Crippen molar-refractivity contribution in [3.8, 4) is 0 Å². The molecule has 1 saturated carbocycles. The minimum absolute atomic E-state index is 0.594. The third-order valence-electron chi connectivity index (χ3n) is 2.45. The summed E-state index contributed by atoms with van der Waals surface area (Å²) in [5.74, 6) is 0.708. The highest BCUT2D eigenvalue weighted by atomic mass is 32.2. The summed E-state index contributed by atoms with van der Waals surface area (Å²) in [7, 11) is 0. The summed E-state index contributed by atoms with van der Waals surface area (Å²) in [6.45, 7) is 5.55. The Morgan fingerprint density at radius 1 is 1.62 bits per heavy atom. The van der Waals surface area contributed by atoms with Gasteiger partial charge in [-0.3, -0.25) is 0 Å². The second-order valence-corrected chi connectivity index (χ2v) is 5.26. The number of nitrogens with one attached hydrogen (secondary N) is 2. The van der Waals surface area contributed by atoms with Crippen molar-refractivity contribution in [3.05, 3.63) is 11.1 Å². The molecule has 1 aliphatic heterocycles.